The van der Waals surface area contributed by atoms with Gasteiger partial charge in [0.15, 0.2) is 0 Å². The molecule has 0 heterocycles. The van der Waals surface area contributed by atoms with Gasteiger partial charge in [0.2, 0.25) is 10.0 Å². The number of nitrogens with zero attached hydrogens (tertiary/aromatic N) is 1. The molecule has 2 aromatic rings. The van der Waals surface area contributed by atoms with E-state index in [1.165, 1.54) is 35.7 Å². The molecular formula is C19H23NO5S. The number of hydrogen-bond donors (Lipinski definition) is 0. The molecule has 0 spiro atoms. The lowest BCUT2D eigenvalue weighted by atomic mass is 10.1. The Balaban J connectivity index is 2.36. The fraction of sp³-hybridized carbons (Fsp3) is 0.316. The van der Waals surface area contributed by atoms with Gasteiger partial charge in [-0.2, -0.15) is 4.31 Å². The minimum Gasteiger partial charge on any atom is -0.497 e. The number of rotatable bonds is 7. The minimum atomic E-state index is -3.73. The largest absolute Gasteiger partial charge is 0.497 e. The Hall–Kier alpha value is -2.38. The van der Waals surface area contributed by atoms with Crippen molar-refractivity contribution in [3.63, 3.8) is 0 Å². The van der Waals surface area contributed by atoms with E-state index in [1.807, 2.05) is 31.2 Å². The second kappa shape index (κ2) is 8.33. The molecule has 6 nitrogen and oxygen atoms in total. The Kier molecular flexibility index (Phi) is 6.39. The lowest BCUT2D eigenvalue weighted by Gasteiger charge is -2.27. The average Bonchev–Trinajstić information content (AvgIpc) is 2.67. The number of esters is 1. The van der Waals surface area contributed by atoms with Crippen molar-refractivity contribution in [2.75, 3.05) is 20.8 Å². The zero-order valence-electron chi connectivity index (χ0n) is 15.3. The molecular weight excluding hydrogens is 354 g/mol. The van der Waals surface area contributed by atoms with E-state index in [1.54, 1.807) is 14.0 Å². The summed E-state index contributed by atoms with van der Waals surface area (Å²) < 4.78 is 37.4. The van der Waals surface area contributed by atoms with Gasteiger partial charge in [-0.25, -0.2) is 13.2 Å². The van der Waals surface area contributed by atoms with Crippen LogP contribution in [-0.4, -0.2) is 39.5 Å². The lowest BCUT2D eigenvalue weighted by molar-refractivity contribution is 0.0600. The molecule has 0 aromatic heterocycles. The van der Waals surface area contributed by atoms with Crippen LogP contribution in [0, 0.1) is 0 Å². The smallest absolute Gasteiger partial charge is 0.337 e. The van der Waals surface area contributed by atoms with Crippen LogP contribution >= 0.6 is 0 Å². The topological polar surface area (TPSA) is 72.9 Å². The van der Waals surface area contributed by atoms with Crippen molar-refractivity contribution in [3.8, 4) is 5.75 Å². The maximum absolute atomic E-state index is 13.1. The highest BCUT2D eigenvalue weighted by Gasteiger charge is 2.29. The standard InChI is InChI=1S/C19H23NO5S/c1-5-20(14(2)16-7-6-8-17(13-16)24-3)26(22,23)18-11-9-15(10-12-18)19(21)25-4/h6-14H,5H2,1-4H3. The van der Waals surface area contributed by atoms with E-state index in [4.69, 9.17) is 4.74 Å². The van der Waals surface area contributed by atoms with Crippen molar-refractivity contribution in [1.82, 2.24) is 4.31 Å². The Labute approximate surface area is 154 Å². The summed E-state index contributed by atoms with van der Waals surface area (Å²) in [4.78, 5) is 11.7. The van der Waals surface area contributed by atoms with E-state index >= 15 is 0 Å². The highest BCUT2D eigenvalue weighted by Crippen LogP contribution is 2.29. The third-order valence-corrected chi connectivity index (χ3v) is 6.26. The van der Waals surface area contributed by atoms with Gasteiger partial charge in [-0.1, -0.05) is 19.1 Å². The molecule has 0 saturated carbocycles. The summed E-state index contributed by atoms with van der Waals surface area (Å²) in [6.07, 6.45) is 0. The van der Waals surface area contributed by atoms with E-state index < -0.39 is 16.0 Å². The summed E-state index contributed by atoms with van der Waals surface area (Å²) in [6.45, 7) is 3.93. The van der Waals surface area contributed by atoms with Gasteiger partial charge in [0.25, 0.3) is 0 Å². The second-order valence-corrected chi connectivity index (χ2v) is 7.57. The highest BCUT2D eigenvalue weighted by atomic mass is 32.2. The molecule has 2 rings (SSSR count). The number of methoxy groups -OCH3 is 2. The summed E-state index contributed by atoms with van der Waals surface area (Å²) in [5.74, 6) is 0.163. The van der Waals surface area contributed by atoms with Gasteiger partial charge in [-0.3, -0.25) is 0 Å². The van der Waals surface area contributed by atoms with Gasteiger partial charge in [0.1, 0.15) is 5.75 Å². The lowest BCUT2D eigenvalue weighted by Crippen LogP contribution is -2.33. The predicted octanol–water partition coefficient (Wildman–Crippen LogP) is 3.25. The number of carbonyl (C=O) groups excluding carboxylic acids is 1. The van der Waals surface area contributed by atoms with Crippen LogP contribution in [0.5, 0.6) is 5.75 Å². The zero-order valence-corrected chi connectivity index (χ0v) is 16.1. The first-order valence-electron chi connectivity index (χ1n) is 8.19. The summed E-state index contributed by atoms with van der Waals surface area (Å²) in [7, 11) is -0.877. The number of sulfonamides is 1. The fourth-order valence-electron chi connectivity index (χ4n) is 2.74. The Morgan fingerprint density at radius 3 is 2.31 bits per heavy atom. The molecule has 0 fully saturated rings. The molecule has 7 heteroatoms. The Morgan fingerprint density at radius 1 is 1.12 bits per heavy atom. The van der Waals surface area contributed by atoms with Crippen molar-refractivity contribution >= 4 is 16.0 Å². The van der Waals surface area contributed by atoms with E-state index in [9.17, 15) is 13.2 Å². The summed E-state index contributed by atoms with van der Waals surface area (Å²) >= 11 is 0. The monoisotopic (exact) mass is 377 g/mol. The maximum atomic E-state index is 13.1. The molecule has 0 aliphatic heterocycles. The van der Waals surface area contributed by atoms with Crippen LogP contribution < -0.4 is 4.74 Å². The van der Waals surface area contributed by atoms with Crippen LogP contribution in [-0.2, 0) is 14.8 Å². The molecule has 1 unspecified atom stereocenters. The van der Waals surface area contributed by atoms with Gasteiger partial charge in [-0.15, -0.1) is 0 Å². The first kappa shape index (κ1) is 19.9. The molecule has 0 saturated heterocycles. The van der Waals surface area contributed by atoms with E-state index in [0.29, 0.717) is 17.9 Å². The van der Waals surface area contributed by atoms with Gasteiger partial charge in [0, 0.05) is 12.6 Å². The molecule has 0 N–H and O–H groups in total. The van der Waals surface area contributed by atoms with Crippen molar-refractivity contribution in [3.05, 3.63) is 59.7 Å². The van der Waals surface area contributed by atoms with Crippen LogP contribution in [0.2, 0.25) is 0 Å². The number of benzene rings is 2. The Bertz CT molecular complexity index is 862. The van der Waals surface area contributed by atoms with Crippen molar-refractivity contribution < 1.29 is 22.7 Å². The molecule has 0 radical (unpaired) electrons. The highest BCUT2D eigenvalue weighted by molar-refractivity contribution is 7.89. The number of hydrogen-bond acceptors (Lipinski definition) is 5. The van der Waals surface area contributed by atoms with E-state index in [2.05, 4.69) is 4.74 Å². The number of ether oxygens (including phenoxy) is 2. The van der Waals surface area contributed by atoms with Crippen molar-refractivity contribution in [2.45, 2.75) is 24.8 Å². The van der Waals surface area contributed by atoms with Crippen LogP contribution in [0.15, 0.2) is 53.4 Å². The first-order valence-corrected chi connectivity index (χ1v) is 9.63. The molecule has 0 aliphatic rings. The van der Waals surface area contributed by atoms with Crippen LogP contribution in [0.1, 0.15) is 35.8 Å². The van der Waals surface area contributed by atoms with Crippen LogP contribution in [0.4, 0.5) is 0 Å². The summed E-state index contributed by atoms with van der Waals surface area (Å²) in [5.41, 5.74) is 1.14. The van der Waals surface area contributed by atoms with Gasteiger partial charge < -0.3 is 9.47 Å². The molecule has 26 heavy (non-hydrogen) atoms. The normalized spacial score (nSPS) is 12.7. The fourth-order valence-corrected chi connectivity index (χ4v) is 4.36. The van der Waals surface area contributed by atoms with Gasteiger partial charge in [0.05, 0.1) is 24.7 Å². The molecule has 0 bridgehead atoms. The van der Waals surface area contributed by atoms with Gasteiger partial charge >= 0.3 is 5.97 Å². The molecule has 140 valence electrons. The van der Waals surface area contributed by atoms with E-state index in [0.717, 1.165) is 5.56 Å². The second-order valence-electron chi connectivity index (χ2n) is 5.68. The van der Waals surface area contributed by atoms with E-state index in [-0.39, 0.29) is 10.9 Å². The molecule has 1 atom stereocenters. The van der Waals surface area contributed by atoms with Crippen LogP contribution in [0.3, 0.4) is 0 Å². The van der Waals surface area contributed by atoms with Crippen LogP contribution in [0.25, 0.3) is 0 Å². The molecule has 2 aromatic carbocycles. The van der Waals surface area contributed by atoms with Gasteiger partial charge in [-0.05, 0) is 48.9 Å². The third kappa shape index (κ3) is 4.05. The molecule has 0 amide bonds. The third-order valence-electron chi connectivity index (χ3n) is 4.20. The van der Waals surface area contributed by atoms with Crippen molar-refractivity contribution in [2.24, 2.45) is 0 Å². The predicted molar refractivity (Wildman–Crippen MR) is 98.8 cm³/mol. The SMILES string of the molecule is CCN(C(C)c1cccc(OC)c1)S(=O)(=O)c1ccc(C(=O)OC)cc1. The minimum absolute atomic E-state index is 0.127. The maximum Gasteiger partial charge on any atom is 0.337 e. The first-order chi connectivity index (χ1) is 12.3. The zero-order chi connectivity index (χ0) is 19.3. The number of carbonyl (C=O) groups is 1. The average molecular weight is 377 g/mol. The summed E-state index contributed by atoms with van der Waals surface area (Å²) in [5, 5.41) is 0. The quantitative estimate of drug-likeness (QED) is 0.693. The van der Waals surface area contributed by atoms with Crippen molar-refractivity contribution in [1.29, 1.82) is 0 Å². The Morgan fingerprint density at radius 2 is 1.77 bits per heavy atom. The molecule has 0 aliphatic carbocycles. The summed E-state index contributed by atoms with van der Waals surface area (Å²) in [6, 6.07) is 12.7.